The highest BCUT2D eigenvalue weighted by Crippen LogP contribution is 2.38. The highest BCUT2D eigenvalue weighted by molar-refractivity contribution is 6.28. The summed E-state index contributed by atoms with van der Waals surface area (Å²) >= 11 is 5.80. The molecule has 2 aliphatic rings. The van der Waals surface area contributed by atoms with Crippen LogP contribution in [0.3, 0.4) is 0 Å². The number of hydrogen-bond donors (Lipinski definition) is 3. The van der Waals surface area contributed by atoms with Crippen LogP contribution in [-0.4, -0.2) is 44.8 Å². The molecular formula is C22H40ClN5O. The van der Waals surface area contributed by atoms with Gasteiger partial charge in [-0.2, -0.15) is 4.98 Å². The first-order chi connectivity index (χ1) is 13.7. The topological polar surface area (TPSA) is 83.0 Å². The lowest BCUT2D eigenvalue weighted by Crippen LogP contribution is -2.42. The van der Waals surface area contributed by atoms with Crippen molar-refractivity contribution in [3.8, 4) is 0 Å². The standard InChI is InChI=1S/C13H22ClN5.C9H18O/c1-3-4-11(10-5-6-15-9(2)7-10)18-13-17-8-16-12(14)19-13;1-7-5-4-6-9(2,3)8(7)10/h8-11,15H,3-7H2,1-2H3,(H,16,17,18,19);7-8,10H,4-6H2,1-3H3. The van der Waals surface area contributed by atoms with Gasteiger partial charge in [0.15, 0.2) is 0 Å². The van der Waals surface area contributed by atoms with E-state index in [2.05, 4.69) is 60.2 Å². The second kappa shape index (κ2) is 11.4. The van der Waals surface area contributed by atoms with Gasteiger partial charge in [0.1, 0.15) is 6.33 Å². The minimum absolute atomic E-state index is 0.0822. The Morgan fingerprint density at radius 2 is 2.07 bits per heavy atom. The van der Waals surface area contributed by atoms with Crippen molar-refractivity contribution in [1.82, 2.24) is 20.3 Å². The third kappa shape index (κ3) is 7.65. The summed E-state index contributed by atoms with van der Waals surface area (Å²) in [4.78, 5) is 12.1. The zero-order valence-electron chi connectivity index (χ0n) is 18.8. The lowest BCUT2D eigenvalue weighted by Gasteiger charge is -2.39. The van der Waals surface area contributed by atoms with Gasteiger partial charge in [-0.05, 0) is 74.4 Å². The minimum Gasteiger partial charge on any atom is -0.392 e. The molecule has 3 N–H and O–H groups in total. The molecule has 0 spiro atoms. The Labute approximate surface area is 181 Å². The van der Waals surface area contributed by atoms with E-state index in [0.29, 0.717) is 29.9 Å². The Kier molecular flexibility index (Phi) is 9.57. The third-order valence-corrected chi connectivity index (χ3v) is 6.69. The number of piperidine rings is 1. The summed E-state index contributed by atoms with van der Waals surface area (Å²) in [5, 5.41) is 16.9. The summed E-state index contributed by atoms with van der Waals surface area (Å²) < 4.78 is 0. The van der Waals surface area contributed by atoms with Gasteiger partial charge < -0.3 is 15.7 Å². The molecular weight excluding hydrogens is 386 g/mol. The SMILES string of the molecule is CC1CCCC(C)(C)C1O.CCCC(Nc1ncnc(Cl)n1)C1CCNC(C)C1. The van der Waals surface area contributed by atoms with E-state index in [9.17, 15) is 5.11 Å². The first-order valence-corrected chi connectivity index (χ1v) is 11.6. The van der Waals surface area contributed by atoms with Crippen molar-refractivity contribution in [3.05, 3.63) is 11.6 Å². The molecule has 1 aliphatic carbocycles. The van der Waals surface area contributed by atoms with Gasteiger partial charge in [-0.3, -0.25) is 0 Å². The monoisotopic (exact) mass is 425 g/mol. The van der Waals surface area contributed by atoms with E-state index >= 15 is 0 Å². The predicted octanol–water partition coefficient (Wildman–Crippen LogP) is 4.69. The minimum atomic E-state index is -0.0822. The van der Waals surface area contributed by atoms with Crippen molar-refractivity contribution in [3.63, 3.8) is 0 Å². The van der Waals surface area contributed by atoms with Gasteiger partial charge in [-0.25, -0.2) is 9.97 Å². The van der Waals surface area contributed by atoms with Gasteiger partial charge in [0.05, 0.1) is 6.10 Å². The number of halogens is 1. The average molecular weight is 426 g/mol. The fourth-order valence-corrected chi connectivity index (χ4v) is 4.86. The molecule has 29 heavy (non-hydrogen) atoms. The smallest absolute Gasteiger partial charge is 0.227 e. The van der Waals surface area contributed by atoms with Crippen LogP contribution >= 0.6 is 11.6 Å². The maximum Gasteiger partial charge on any atom is 0.227 e. The highest BCUT2D eigenvalue weighted by Gasteiger charge is 2.35. The van der Waals surface area contributed by atoms with E-state index in [1.807, 2.05) is 0 Å². The van der Waals surface area contributed by atoms with Crippen molar-refractivity contribution >= 4 is 17.5 Å². The van der Waals surface area contributed by atoms with Crippen LogP contribution in [0.4, 0.5) is 5.95 Å². The molecule has 5 unspecified atom stereocenters. The zero-order chi connectivity index (χ0) is 21.4. The van der Waals surface area contributed by atoms with E-state index < -0.39 is 0 Å². The quantitative estimate of drug-likeness (QED) is 0.634. The molecule has 1 saturated carbocycles. The van der Waals surface area contributed by atoms with Gasteiger partial charge in [-0.1, -0.05) is 40.5 Å². The number of aliphatic hydroxyl groups is 1. The molecule has 2 fully saturated rings. The molecule has 1 saturated heterocycles. The second-order valence-electron chi connectivity index (χ2n) is 9.56. The number of rotatable bonds is 5. The molecule has 1 aromatic rings. The van der Waals surface area contributed by atoms with Gasteiger partial charge >= 0.3 is 0 Å². The summed E-state index contributed by atoms with van der Waals surface area (Å²) in [6.45, 7) is 12.0. The third-order valence-electron chi connectivity index (χ3n) is 6.51. The summed E-state index contributed by atoms with van der Waals surface area (Å²) in [7, 11) is 0. The maximum absolute atomic E-state index is 9.71. The van der Waals surface area contributed by atoms with Crippen molar-refractivity contribution in [2.75, 3.05) is 11.9 Å². The van der Waals surface area contributed by atoms with E-state index in [1.54, 1.807) is 0 Å². The van der Waals surface area contributed by atoms with Gasteiger partial charge in [0, 0.05) is 12.1 Å². The van der Waals surface area contributed by atoms with E-state index in [1.165, 1.54) is 38.4 Å². The molecule has 166 valence electrons. The molecule has 5 atom stereocenters. The molecule has 1 aliphatic heterocycles. The number of nitrogens with one attached hydrogen (secondary N) is 2. The Morgan fingerprint density at radius 1 is 1.31 bits per heavy atom. The molecule has 1 aromatic heterocycles. The molecule has 6 nitrogen and oxygen atoms in total. The maximum atomic E-state index is 9.71. The molecule has 0 radical (unpaired) electrons. The number of nitrogens with zero attached hydrogens (tertiary/aromatic N) is 3. The Balaban J connectivity index is 0.000000253. The molecule has 0 aromatic carbocycles. The summed E-state index contributed by atoms with van der Waals surface area (Å²) in [6, 6.07) is 0.995. The van der Waals surface area contributed by atoms with Crippen molar-refractivity contribution in [2.45, 2.75) is 97.8 Å². The van der Waals surface area contributed by atoms with Gasteiger partial charge in [0.25, 0.3) is 0 Å². The fourth-order valence-electron chi connectivity index (χ4n) is 4.74. The van der Waals surface area contributed by atoms with E-state index in [4.69, 9.17) is 11.6 Å². The van der Waals surface area contributed by atoms with E-state index in [-0.39, 0.29) is 16.8 Å². The number of hydrogen-bond acceptors (Lipinski definition) is 6. The Morgan fingerprint density at radius 3 is 2.66 bits per heavy atom. The normalized spacial score (nSPS) is 30.0. The number of aliphatic hydroxyl groups excluding tert-OH is 1. The number of anilines is 1. The summed E-state index contributed by atoms with van der Waals surface area (Å²) in [5.74, 6) is 1.75. The van der Waals surface area contributed by atoms with Gasteiger partial charge in [0.2, 0.25) is 11.2 Å². The predicted molar refractivity (Wildman–Crippen MR) is 120 cm³/mol. The van der Waals surface area contributed by atoms with Crippen LogP contribution in [0.25, 0.3) is 0 Å². The Hall–Kier alpha value is -0.980. The van der Waals surface area contributed by atoms with Crippen LogP contribution in [0.2, 0.25) is 5.28 Å². The first-order valence-electron chi connectivity index (χ1n) is 11.3. The van der Waals surface area contributed by atoms with Crippen LogP contribution in [0.1, 0.15) is 79.6 Å². The highest BCUT2D eigenvalue weighted by atomic mass is 35.5. The van der Waals surface area contributed by atoms with Crippen molar-refractivity contribution in [1.29, 1.82) is 0 Å². The molecule has 7 heteroatoms. The first kappa shape index (κ1) is 24.3. The van der Waals surface area contributed by atoms with Crippen LogP contribution in [0, 0.1) is 17.3 Å². The zero-order valence-corrected chi connectivity index (χ0v) is 19.5. The molecule has 2 heterocycles. The summed E-state index contributed by atoms with van der Waals surface area (Å²) in [6.07, 6.45) is 9.69. The summed E-state index contributed by atoms with van der Waals surface area (Å²) in [5.41, 5.74) is 0.164. The Bertz CT molecular complexity index is 615. The number of aromatic nitrogens is 3. The average Bonchev–Trinajstić information content (AvgIpc) is 2.66. The van der Waals surface area contributed by atoms with E-state index in [0.717, 1.165) is 19.4 Å². The lowest BCUT2D eigenvalue weighted by atomic mass is 9.70. The van der Waals surface area contributed by atoms with Crippen molar-refractivity contribution < 1.29 is 5.11 Å². The van der Waals surface area contributed by atoms with Crippen LogP contribution in [-0.2, 0) is 0 Å². The van der Waals surface area contributed by atoms with Crippen LogP contribution < -0.4 is 10.6 Å². The second-order valence-corrected chi connectivity index (χ2v) is 9.90. The lowest BCUT2D eigenvalue weighted by molar-refractivity contribution is -0.0254. The molecule has 3 rings (SSSR count). The van der Waals surface area contributed by atoms with Crippen LogP contribution in [0.15, 0.2) is 6.33 Å². The van der Waals surface area contributed by atoms with Crippen molar-refractivity contribution in [2.24, 2.45) is 17.3 Å². The largest absolute Gasteiger partial charge is 0.392 e. The molecule has 0 amide bonds. The fraction of sp³-hybridized carbons (Fsp3) is 0.864. The van der Waals surface area contributed by atoms with Gasteiger partial charge in [-0.15, -0.1) is 0 Å². The van der Waals surface area contributed by atoms with Crippen LogP contribution in [0.5, 0.6) is 0 Å². The molecule has 0 bridgehead atoms.